The van der Waals surface area contributed by atoms with Crippen molar-refractivity contribution in [2.75, 3.05) is 13.8 Å². The predicted octanol–water partition coefficient (Wildman–Crippen LogP) is 4.01. The van der Waals surface area contributed by atoms with Gasteiger partial charge in [0, 0.05) is 20.0 Å². The lowest BCUT2D eigenvalue weighted by Crippen LogP contribution is -2.25. The first-order valence-electron chi connectivity index (χ1n) is 8.66. The van der Waals surface area contributed by atoms with E-state index in [1.54, 1.807) is 16.2 Å². The number of aryl methyl sites for hydroxylation is 1. The van der Waals surface area contributed by atoms with Gasteiger partial charge in [-0.1, -0.05) is 18.2 Å². The molecule has 0 bridgehead atoms. The van der Waals surface area contributed by atoms with Gasteiger partial charge in [-0.25, -0.2) is 4.98 Å². The fourth-order valence-electron chi connectivity index (χ4n) is 3.01. The highest BCUT2D eigenvalue weighted by Crippen LogP contribution is 2.32. The van der Waals surface area contributed by atoms with Gasteiger partial charge in [0.05, 0.1) is 15.2 Å². The third-order valence-corrected chi connectivity index (χ3v) is 5.50. The molecule has 1 aromatic heterocycles. The Morgan fingerprint density at radius 2 is 2.04 bits per heavy atom. The molecule has 1 amide bonds. The Morgan fingerprint density at radius 3 is 2.92 bits per heavy atom. The van der Waals surface area contributed by atoms with E-state index < -0.39 is 0 Å². The van der Waals surface area contributed by atoms with E-state index >= 15 is 0 Å². The molecule has 5 nitrogen and oxygen atoms in total. The molecule has 0 radical (unpaired) electrons. The molecule has 0 saturated carbocycles. The number of ether oxygens (including phenoxy) is 2. The van der Waals surface area contributed by atoms with Gasteiger partial charge in [-0.2, -0.15) is 0 Å². The van der Waals surface area contributed by atoms with E-state index in [9.17, 15) is 4.79 Å². The SMILES string of the molecule is CN(Cc1ccc2c(c1)OCO2)C(=O)CCCc1nc2ccccc2s1. The topological polar surface area (TPSA) is 51.7 Å². The molecule has 0 atom stereocenters. The van der Waals surface area contributed by atoms with E-state index in [0.717, 1.165) is 40.4 Å². The van der Waals surface area contributed by atoms with Gasteiger partial charge in [0.1, 0.15) is 0 Å². The van der Waals surface area contributed by atoms with Crippen LogP contribution in [0, 0.1) is 0 Å². The van der Waals surface area contributed by atoms with Crippen LogP contribution in [0.5, 0.6) is 11.5 Å². The van der Waals surface area contributed by atoms with Gasteiger partial charge in [-0.15, -0.1) is 11.3 Å². The summed E-state index contributed by atoms with van der Waals surface area (Å²) in [4.78, 5) is 18.8. The summed E-state index contributed by atoms with van der Waals surface area (Å²) in [7, 11) is 1.84. The zero-order valence-corrected chi connectivity index (χ0v) is 15.4. The molecule has 1 aliphatic rings. The average Bonchev–Trinajstić information content (AvgIpc) is 3.27. The lowest BCUT2D eigenvalue weighted by molar-refractivity contribution is -0.130. The summed E-state index contributed by atoms with van der Waals surface area (Å²) >= 11 is 1.71. The maximum Gasteiger partial charge on any atom is 0.231 e. The van der Waals surface area contributed by atoms with Crippen LogP contribution in [0.1, 0.15) is 23.4 Å². The van der Waals surface area contributed by atoms with Crippen LogP contribution in [-0.4, -0.2) is 29.6 Å². The van der Waals surface area contributed by atoms with Crippen molar-refractivity contribution in [3.05, 3.63) is 53.0 Å². The minimum atomic E-state index is 0.142. The van der Waals surface area contributed by atoms with E-state index in [1.807, 2.05) is 43.4 Å². The first-order chi connectivity index (χ1) is 12.7. The van der Waals surface area contributed by atoms with Crippen molar-refractivity contribution in [2.24, 2.45) is 0 Å². The zero-order valence-electron chi connectivity index (χ0n) is 14.6. The molecule has 2 heterocycles. The van der Waals surface area contributed by atoms with Gasteiger partial charge in [0.15, 0.2) is 11.5 Å². The Hall–Kier alpha value is -2.60. The van der Waals surface area contributed by atoms with Crippen LogP contribution in [-0.2, 0) is 17.8 Å². The number of carbonyl (C=O) groups excluding carboxylic acids is 1. The van der Waals surface area contributed by atoms with E-state index in [1.165, 1.54) is 4.70 Å². The van der Waals surface area contributed by atoms with Crippen molar-refractivity contribution in [1.29, 1.82) is 0 Å². The summed E-state index contributed by atoms with van der Waals surface area (Å²) in [5, 5.41) is 1.09. The van der Waals surface area contributed by atoms with Gasteiger partial charge in [-0.3, -0.25) is 4.79 Å². The number of fused-ring (bicyclic) bond motifs is 2. The molecule has 2 aromatic carbocycles. The van der Waals surface area contributed by atoms with Crippen molar-refractivity contribution in [3.8, 4) is 11.5 Å². The lowest BCUT2D eigenvalue weighted by Gasteiger charge is -2.17. The summed E-state index contributed by atoms with van der Waals surface area (Å²) in [6, 6.07) is 13.9. The molecule has 134 valence electrons. The van der Waals surface area contributed by atoms with Gasteiger partial charge < -0.3 is 14.4 Å². The molecule has 0 spiro atoms. The monoisotopic (exact) mass is 368 g/mol. The maximum atomic E-state index is 12.4. The second-order valence-corrected chi connectivity index (χ2v) is 7.48. The average molecular weight is 368 g/mol. The molecule has 0 aliphatic carbocycles. The number of hydrogen-bond donors (Lipinski definition) is 0. The van der Waals surface area contributed by atoms with Crippen molar-refractivity contribution >= 4 is 27.5 Å². The highest BCUT2D eigenvalue weighted by molar-refractivity contribution is 7.18. The summed E-state index contributed by atoms with van der Waals surface area (Å²) < 4.78 is 11.9. The number of aromatic nitrogens is 1. The Kier molecular flexibility index (Phi) is 4.75. The largest absolute Gasteiger partial charge is 0.454 e. The number of rotatable bonds is 6. The molecule has 6 heteroatoms. The number of nitrogens with zero attached hydrogens (tertiary/aromatic N) is 2. The third-order valence-electron chi connectivity index (χ3n) is 4.40. The van der Waals surface area contributed by atoms with Crippen LogP contribution >= 0.6 is 11.3 Å². The summed E-state index contributed by atoms with van der Waals surface area (Å²) in [6.45, 7) is 0.829. The summed E-state index contributed by atoms with van der Waals surface area (Å²) in [5.74, 6) is 1.65. The van der Waals surface area contributed by atoms with Crippen LogP contribution in [0.2, 0.25) is 0 Å². The standard InChI is InChI=1S/C20H20N2O3S/c1-22(12-14-9-10-16-17(11-14)25-13-24-16)20(23)8-4-7-19-21-15-5-2-3-6-18(15)26-19/h2-3,5-6,9-11H,4,7-8,12-13H2,1H3. The van der Waals surface area contributed by atoms with Crippen molar-refractivity contribution in [2.45, 2.75) is 25.8 Å². The second kappa shape index (κ2) is 7.33. The summed E-state index contributed by atoms with van der Waals surface area (Å²) in [5.41, 5.74) is 2.08. The fraction of sp³-hybridized carbons (Fsp3) is 0.300. The number of benzene rings is 2. The van der Waals surface area contributed by atoms with Gasteiger partial charge >= 0.3 is 0 Å². The Balaban J connectivity index is 1.28. The molecule has 0 saturated heterocycles. The van der Waals surface area contributed by atoms with Gasteiger partial charge in [0.25, 0.3) is 0 Å². The second-order valence-electron chi connectivity index (χ2n) is 6.37. The van der Waals surface area contributed by atoms with E-state index in [4.69, 9.17) is 9.47 Å². The molecule has 1 aliphatic heterocycles. The van der Waals surface area contributed by atoms with Crippen molar-refractivity contribution in [3.63, 3.8) is 0 Å². The normalized spacial score (nSPS) is 12.5. The molecule has 0 N–H and O–H groups in total. The number of para-hydroxylation sites is 1. The maximum absolute atomic E-state index is 12.4. The van der Waals surface area contributed by atoms with Crippen molar-refractivity contribution in [1.82, 2.24) is 9.88 Å². The van der Waals surface area contributed by atoms with Gasteiger partial charge in [0.2, 0.25) is 12.7 Å². The predicted molar refractivity (Wildman–Crippen MR) is 102 cm³/mol. The van der Waals surface area contributed by atoms with E-state index in [-0.39, 0.29) is 12.7 Å². The number of amides is 1. The molecule has 4 rings (SSSR count). The van der Waals surface area contributed by atoms with Crippen LogP contribution < -0.4 is 9.47 Å². The Bertz CT molecular complexity index is 905. The van der Waals surface area contributed by atoms with Gasteiger partial charge in [-0.05, 0) is 42.7 Å². The quantitative estimate of drug-likeness (QED) is 0.660. The van der Waals surface area contributed by atoms with E-state index in [0.29, 0.717) is 13.0 Å². The first-order valence-corrected chi connectivity index (χ1v) is 9.47. The number of carbonyl (C=O) groups is 1. The zero-order chi connectivity index (χ0) is 17.9. The highest BCUT2D eigenvalue weighted by Gasteiger charge is 2.15. The van der Waals surface area contributed by atoms with Crippen LogP contribution in [0.4, 0.5) is 0 Å². The third kappa shape index (κ3) is 3.65. The highest BCUT2D eigenvalue weighted by atomic mass is 32.1. The van der Waals surface area contributed by atoms with Crippen LogP contribution in [0.3, 0.4) is 0 Å². The smallest absolute Gasteiger partial charge is 0.231 e. The molecule has 26 heavy (non-hydrogen) atoms. The Morgan fingerprint density at radius 1 is 1.19 bits per heavy atom. The molecule has 0 fully saturated rings. The molecule has 0 unspecified atom stereocenters. The lowest BCUT2D eigenvalue weighted by atomic mass is 10.1. The first kappa shape index (κ1) is 16.8. The van der Waals surface area contributed by atoms with E-state index in [2.05, 4.69) is 11.1 Å². The molecular formula is C20H20N2O3S. The summed E-state index contributed by atoms with van der Waals surface area (Å²) in [6.07, 6.45) is 2.17. The molecular weight excluding hydrogens is 348 g/mol. The number of hydrogen-bond acceptors (Lipinski definition) is 5. The van der Waals surface area contributed by atoms with Crippen LogP contribution in [0.25, 0.3) is 10.2 Å². The molecule has 3 aromatic rings. The minimum absolute atomic E-state index is 0.142. The van der Waals surface area contributed by atoms with Crippen LogP contribution in [0.15, 0.2) is 42.5 Å². The minimum Gasteiger partial charge on any atom is -0.454 e. The van der Waals surface area contributed by atoms with Crippen molar-refractivity contribution < 1.29 is 14.3 Å². The number of thiazole rings is 1. The Labute approximate surface area is 156 Å². The fourth-order valence-corrected chi connectivity index (χ4v) is 4.02.